The summed E-state index contributed by atoms with van der Waals surface area (Å²) in [5.41, 5.74) is 1.70. The van der Waals surface area contributed by atoms with Crippen LogP contribution in [0, 0.1) is 0 Å². The SMILES string of the molecule is CCCC[Si]C1CC(OC)(OC)CC1[Si]CCCC. The summed E-state index contributed by atoms with van der Waals surface area (Å²) >= 11 is 0. The number of hydrogen-bond donors (Lipinski definition) is 0. The molecule has 1 saturated carbocycles. The zero-order valence-electron chi connectivity index (χ0n) is 13.1. The minimum Gasteiger partial charge on any atom is -0.353 e. The van der Waals surface area contributed by atoms with Crippen LogP contribution in [0.15, 0.2) is 0 Å². The Morgan fingerprint density at radius 3 is 1.63 bits per heavy atom. The fourth-order valence-electron chi connectivity index (χ4n) is 2.81. The topological polar surface area (TPSA) is 18.5 Å². The van der Waals surface area contributed by atoms with Crippen molar-refractivity contribution in [1.29, 1.82) is 0 Å². The number of methoxy groups -OCH3 is 2. The molecule has 0 aromatic heterocycles. The zero-order chi connectivity index (χ0) is 14.1. The smallest absolute Gasteiger partial charge is 0.167 e. The van der Waals surface area contributed by atoms with Gasteiger partial charge in [-0.3, -0.25) is 0 Å². The summed E-state index contributed by atoms with van der Waals surface area (Å²) in [7, 11) is 5.83. The van der Waals surface area contributed by atoms with Gasteiger partial charge in [-0.15, -0.1) is 0 Å². The Kier molecular flexibility index (Phi) is 8.54. The van der Waals surface area contributed by atoms with Gasteiger partial charge >= 0.3 is 0 Å². The van der Waals surface area contributed by atoms with E-state index in [0.29, 0.717) is 0 Å². The summed E-state index contributed by atoms with van der Waals surface area (Å²) in [5, 5.41) is 0. The normalized spacial score (nSPS) is 25.9. The Morgan fingerprint density at radius 1 is 0.895 bits per heavy atom. The summed E-state index contributed by atoms with van der Waals surface area (Å²) in [5.74, 6) is -0.270. The molecule has 2 nitrogen and oxygen atoms in total. The van der Waals surface area contributed by atoms with E-state index in [1.165, 1.54) is 37.8 Å². The Labute approximate surface area is 124 Å². The molecular formula is C15H30O2Si2. The molecule has 0 aromatic rings. The first-order chi connectivity index (χ1) is 9.21. The number of hydrogen-bond acceptors (Lipinski definition) is 2. The average Bonchev–Trinajstić information content (AvgIpc) is 2.79. The highest BCUT2D eigenvalue weighted by Gasteiger charge is 2.45. The van der Waals surface area contributed by atoms with E-state index >= 15 is 0 Å². The lowest BCUT2D eigenvalue weighted by Crippen LogP contribution is -2.30. The van der Waals surface area contributed by atoms with E-state index in [-0.39, 0.29) is 5.79 Å². The maximum atomic E-state index is 5.71. The van der Waals surface area contributed by atoms with Gasteiger partial charge in [-0.25, -0.2) is 0 Å². The average molecular weight is 299 g/mol. The van der Waals surface area contributed by atoms with Crippen LogP contribution in [-0.4, -0.2) is 39.0 Å². The lowest BCUT2D eigenvalue weighted by atomic mass is 10.2. The number of rotatable bonds is 10. The molecule has 0 bridgehead atoms. The van der Waals surface area contributed by atoms with Crippen LogP contribution in [0.3, 0.4) is 0 Å². The van der Waals surface area contributed by atoms with Gasteiger partial charge in [0.1, 0.15) is 0 Å². The van der Waals surface area contributed by atoms with E-state index in [0.717, 1.165) is 43.0 Å². The molecule has 2 atom stereocenters. The fourth-order valence-corrected chi connectivity index (χ4v) is 7.09. The number of unbranched alkanes of at least 4 members (excludes halogenated alkanes) is 2. The first kappa shape index (κ1) is 17.4. The summed E-state index contributed by atoms with van der Waals surface area (Å²) in [6.45, 7) is 4.57. The van der Waals surface area contributed by atoms with Gasteiger partial charge < -0.3 is 9.47 Å². The fraction of sp³-hybridized carbons (Fsp3) is 1.00. The second kappa shape index (κ2) is 9.32. The molecule has 19 heavy (non-hydrogen) atoms. The minimum atomic E-state index is -0.270. The molecule has 0 saturated heterocycles. The highest BCUT2D eigenvalue weighted by molar-refractivity contribution is 6.45. The van der Waals surface area contributed by atoms with Gasteiger partial charge in [0.2, 0.25) is 0 Å². The van der Waals surface area contributed by atoms with E-state index in [4.69, 9.17) is 9.47 Å². The summed E-state index contributed by atoms with van der Waals surface area (Å²) < 4.78 is 11.4. The molecule has 0 N–H and O–H groups in total. The highest BCUT2D eigenvalue weighted by Crippen LogP contribution is 2.49. The Morgan fingerprint density at radius 2 is 1.32 bits per heavy atom. The molecule has 0 aliphatic heterocycles. The van der Waals surface area contributed by atoms with Gasteiger partial charge in [0.15, 0.2) is 5.79 Å². The summed E-state index contributed by atoms with van der Waals surface area (Å²) in [6, 6.07) is 2.80. The molecule has 1 rings (SSSR count). The van der Waals surface area contributed by atoms with Crippen molar-refractivity contribution in [2.45, 2.75) is 81.3 Å². The third-order valence-corrected chi connectivity index (χ3v) is 8.04. The van der Waals surface area contributed by atoms with Crippen LogP contribution in [0.1, 0.15) is 52.4 Å². The lowest BCUT2D eigenvalue weighted by Gasteiger charge is -2.26. The van der Waals surface area contributed by atoms with Crippen molar-refractivity contribution in [3.63, 3.8) is 0 Å². The standard InChI is InChI=1S/C15H30O2Si2/c1-5-7-9-18-13-11-15(16-3,17-4)12-14(13)19-10-8-6-2/h13-14H,5-12H2,1-4H3. The molecule has 0 amide bonds. The Bertz CT molecular complexity index is 212. The second-order valence-electron chi connectivity index (χ2n) is 5.56. The number of ether oxygens (including phenoxy) is 2. The van der Waals surface area contributed by atoms with Crippen LogP contribution in [-0.2, 0) is 9.47 Å². The van der Waals surface area contributed by atoms with Crippen molar-refractivity contribution in [2.24, 2.45) is 0 Å². The maximum absolute atomic E-state index is 5.71. The molecule has 4 radical (unpaired) electrons. The van der Waals surface area contributed by atoms with Crippen LogP contribution in [0.25, 0.3) is 0 Å². The van der Waals surface area contributed by atoms with Crippen LogP contribution < -0.4 is 0 Å². The van der Waals surface area contributed by atoms with Crippen LogP contribution in [0.5, 0.6) is 0 Å². The molecule has 0 aromatic carbocycles. The maximum Gasteiger partial charge on any atom is 0.167 e. The molecule has 2 unspecified atom stereocenters. The third kappa shape index (κ3) is 5.33. The van der Waals surface area contributed by atoms with Gasteiger partial charge in [-0.1, -0.05) is 51.6 Å². The molecule has 1 aliphatic rings. The lowest BCUT2D eigenvalue weighted by molar-refractivity contribution is -0.200. The minimum absolute atomic E-state index is 0.270. The van der Waals surface area contributed by atoms with Crippen molar-refractivity contribution in [1.82, 2.24) is 0 Å². The van der Waals surface area contributed by atoms with E-state index < -0.39 is 0 Å². The largest absolute Gasteiger partial charge is 0.353 e. The zero-order valence-corrected chi connectivity index (χ0v) is 15.1. The van der Waals surface area contributed by atoms with Gasteiger partial charge in [0.25, 0.3) is 0 Å². The van der Waals surface area contributed by atoms with Crippen molar-refractivity contribution in [3.05, 3.63) is 0 Å². The van der Waals surface area contributed by atoms with Crippen molar-refractivity contribution < 1.29 is 9.47 Å². The second-order valence-corrected chi connectivity index (χ2v) is 8.86. The molecule has 1 aliphatic carbocycles. The first-order valence-corrected chi connectivity index (χ1v) is 10.3. The van der Waals surface area contributed by atoms with Crippen molar-refractivity contribution >= 4 is 19.0 Å². The van der Waals surface area contributed by atoms with Gasteiger partial charge in [0.05, 0.1) is 0 Å². The summed E-state index contributed by atoms with van der Waals surface area (Å²) in [6.07, 6.45) is 7.64. The van der Waals surface area contributed by atoms with Crippen molar-refractivity contribution in [3.8, 4) is 0 Å². The molecule has 0 spiro atoms. The monoisotopic (exact) mass is 298 g/mol. The summed E-state index contributed by atoms with van der Waals surface area (Å²) in [4.78, 5) is 0. The highest BCUT2D eigenvalue weighted by atomic mass is 28.2. The molecule has 110 valence electrons. The third-order valence-electron chi connectivity index (χ3n) is 4.17. The first-order valence-electron chi connectivity index (χ1n) is 7.78. The molecule has 4 heteroatoms. The quantitative estimate of drug-likeness (QED) is 0.342. The van der Waals surface area contributed by atoms with Crippen LogP contribution in [0.4, 0.5) is 0 Å². The van der Waals surface area contributed by atoms with Crippen molar-refractivity contribution in [2.75, 3.05) is 14.2 Å². The predicted molar refractivity (Wildman–Crippen MR) is 84.4 cm³/mol. The van der Waals surface area contributed by atoms with E-state index in [1.54, 1.807) is 0 Å². The molecule has 1 fully saturated rings. The predicted octanol–water partition coefficient (Wildman–Crippen LogP) is 4.19. The molecule has 0 heterocycles. The Balaban J connectivity index is 2.51. The van der Waals surface area contributed by atoms with Crippen LogP contribution >= 0.6 is 0 Å². The van der Waals surface area contributed by atoms with Crippen LogP contribution in [0.2, 0.25) is 23.2 Å². The van der Waals surface area contributed by atoms with Gasteiger partial charge in [-0.05, 0) is 11.1 Å². The van der Waals surface area contributed by atoms with Gasteiger partial charge in [-0.2, -0.15) is 0 Å². The van der Waals surface area contributed by atoms with E-state index in [9.17, 15) is 0 Å². The van der Waals surface area contributed by atoms with Gasteiger partial charge in [0, 0.05) is 46.1 Å². The van der Waals surface area contributed by atoms with E-state index in [2.05, 4.69) is 13.8 Å². The molecular weight excluding hydrogens is 268 g/mol. The van der Waals surface area contributed by atoms with E-state index in [1.807, 2.05) is 14.2 Å². The Hall–Kier alpha value is 0.354.